The largest absolute Gasteiger partial charge is 0.464 e. The molecule has 0 heterocycles. The van der Waals surface area contributed by atoms with Crippen LogP contribution < -0.4 is 10.4 Å². The molecule has 0 saturated carbocycles. The zero-order valence-electron chi connectivity index (χ0n) is 18.2. The molecular formula is C26H30O3Si. The second kappa shape index (κ2) is 9.41. The van der Waals surface area contributed by atoms with Crippen LogP contribution in [0.15, 0.2) is 91.0 Å². The molecule has 0 fully saturated rings. The molecule has 3 aromatic rings. The summed E-state index contributed by atoms with van der Waals surface area (Å²) < 4.78 is 12.5. The Kier molecular flexibility index (Phi) is 6.90. The number of carbonyl (C=O) groups excluding carboxylic acids is 1. The molecule has 0 aromatic heterocycles. The van der Waals surface area contributed by atoms with Crippen molar-refractivity contribution in [3.8, 4) is 0 Å². The lowest BCUT2D eigenvalue weighted by Gasteiger charge is -2.44. The molecule has 1 atom stereocenters. The quantitative estimate of drug-likeness (QED) is 0.406. The SMILES string of the molecule is CCOC(=O)[C@H](O[Si](c1ccccc1)(c1ccccc1)C(C)(C)C)c1ccccc1. The molecule has 3 nitrogen and oxygen atoms in total. The van der Waals surface area contributed by atoms with E-state index in [4.69, 9.17) is 9.16 Å². The van der Waals surface area contributed by atoms with Gasteiger partial charge in [0.2, 0.25) is 0 Å². The molecule has 0 saturated heterocycles. The monoisotopic (exact) mass is 418 g/mol. The Morgan fingerprint density at radius 1 is 0.800 bits per heavy atom. The molecule has 30 heavy (non-hydrogen) atoms. The minimum atomic E-state index is -2.89. The van der Waals surface area contributed by atoms with Gasteiger partial charge in [0.05, 0.1) is 6.61 Å². The zero-order valence-corrected chi connectivity index (χ0v) is 19.2. The van der Waals surface area contributed by atoms with E-state index >= 15 is 0 Å². The summed E-state index contributed by atoms with van der Waals surface area (Å²) in [5, 5.41) is 2.04. The lowest BCUT2D eigenvalue weighted by molar-refractivity contribution is -0.152. The second-order valence-corrected chi connectivity index (χ2v) is 12.6. The molecule has 4 heteroatoms. The van der Waals surface area contributed by atoms with E-state index in [1.807, 2.05) is 73.7 Å². The van der Waals surface area contributed by atoms with Crippen molar-refractivity contribution in [1.29, 1.82) is 0 Å². The molecule has 0 amide bonds. The fourth-order valence-corrected chi connectivity index (χ4v) is 8.57. The van der Waals surface area contributed by atoms with E-state index < -0.39 is 14.4 Å². The van der Waals surface area contributed by atoms with Gasteiger partial charge in [0.1, 0.15) is 0 Å². The fraction of sp³-hybridized carbons (Fsp3) is 0.269. The van der Waals surface area contributed by atoms with Crippen LogP contribution in [-0.2, 0) is 14.0 Å². The molecule has 0 bridgehead atoms. The Labute approximate surface area is 180 Å². The first-order valence-electron chi connectivity index (χ1n) is 10.4. The maximum atomic E-state index is 13.1. The summed E-state index contributed by atoms with van der Waals surface area (Å²) in [5.41, 5.74) is 0.809. The zero-order chi connectivity index (χ0) is 21.6. The predicted octanol–water partition coefficient (Wildman–Crippen LogP) is 4.87. The molecule has 3 rings (SSSR count). The molecule has 0 unspecified atom stereocenters. The highest BCUT2D eigenvalue weighted by Gasteiger charge is 2.52. The standard InChI is InChI=1S/C26H30O3Si/c1-5-28-25(27)24(21-15-9-6-10-16-21)29-30(26(2,3)4,22-17-11-7-12-18-22)23-19-13-8-14-20-23/h6-20,24H,5H2,1-4H3/t24-/m1/s1. The molecule has 0 N–H and O–H groups in total. The van der Waals surface area contributed by atoms with Gasteiger partial charge in [0, 0.05) is 0 Å². The summed E-state index contributed by atoms with van der Waals surface area (Å²) >= 11 is 0. The van der Waals surface area contributed by atoms with Crippen LogP contribution in [0.5, 0.6) is 0 Å². The topological polar surface area (TPSA) is 35.5 Å². The third kappa shape index (κ3) is 4.40. The summed E-state index contributed by atoms with van der Waals surface area (Å²) in [5.74, 6) is -0.350. The highest BCUT2D eigenvalue weighted by atomic mass is 28.4. The van der Waals surface area contributed by atoms with Gasteiger partial charge in [-0.2, -0.15) is 0 Å². The van der Waals surface area contributed by atoms with Crippen LogP contribution >= 0.6 is 0 Å². The molecule has 0 aliphatic rings. The molecule has 0 spiro atoms. The number of ether oxygens (including phenoxy) is 1. The summed E-state index contributed by atoms with van der Waals surface area (Å²) in [6.45, 7) is 8.74. The number of hydrogen-bond acceptors (Lipinski definition) is 3. The Balaban J connectivity index is 2.24. The van der Waals surface area contributed by atoms with Gasteiger partial charge >= 0.3 is 5.97 Å². The molecule has 0 aliphatic heterocycles. The van der Waals surface area contributed by atoms with Gasteiger partial charge in [0.25, 0.3) is 8.32 Å². The van der Waals surface area contributed by atoms with Crippen LogP contribution in [-0.4, -0.2) is 20.9 Å². The average Bonchev–Trinajstić information content (AvgIpc) is 2.76. The highest BCUT2D eigenvalue weighted by molar-refractivity contribution is 6.99. The van der Waals surface area contributed by atoms with Crippen LogP contribution in [0.25, 0.3) is 0 Å². The van der Waals surface area contributed by atoms with Crippen molar-refractivity contribution in [2.24, 2.45) is 0 Å². The molecule has 0 radical (unpaired) electrons. The van der Waals surface area contributed by atoms with Gasteiger partial charge in [-0.3, -0.25) is 0 Å². The van der Waals surface area contributed by atoms with E-state index in [1.165, 1.54) is 0 Å². The fourth-order valence-electron chi connectivity index (χ4n) is 3.97. The van der Waals surface area contributed by atoms with E-state index in [-0.39, 0.29) is 11.0 Å². The summed E-state index contributed by atoms with van der Waals surface area (Å²) in [6.07, 6.45) is -0.794. The van der Waals surface area contributed by atoms with Gasteiger partial charge in [-0.15, -0.1) is 0 Å². The smallest absolute Gasteiger partial charge is 0.338 e. The molecule has 3 aromatic carbocycles. The van der Waals surface area contributed by atoms with Crippen molar-refractivity contribution >= 4 is 24.7 Å². The lowest BCUT2D eigenvalue weighted by atomic mass is 10.1. The van der Waals surface area contributed by atoms with Crippen LogP contribution in [0.1, 0.15) is 39.4 Å². The van der Waals surface area contributed by atoms with Crippen molar-refractivity contribution in [1.82, 2.24) is 0 Å². The maximum Gasteiger partial charge on any atom is 0.338 e. The lowest BCUT2D eigenvalue weighted by Crippen LogP contribution is -2.67. The molecular weight excluding hydrogens is 388 g/mol. The number of rotatable bonds is 7. The summed E-state index contributed by atoms with van der Waals surface area (Å²) in [6, 6.07) is 30.3. The van der Waals surface area contributed by atoms with Gasteiger partial charge in [-0.05, 0) is 27.9 Å². The number of esters is 1. The third-order valence-electron chi connectivity index (χ3n) is 5.31. The van der Waals surface area contributed by atoms with E-state index in [9.17, 15) is 4.79 Å². The van der Waals surface area contributed by atoms with E-state index in [1.54, 1.807) is 0 Å². The summed E-state index contributed by atoms with van der Waals surface area (Å²) in [4.78, 5) is 13.1. The Morgan fingerprint density at radius 3 is 1.63 bits per heavy atom. The van der Waals surface area contributed by atoms with E-state index in [0.717, 1.165) is 15.9 Å². The first-order valence-corrected chi connectivity index (χ1v) is 12.3. The minimum absolute atomic E-state index is 0.227. The van der Waals surface area contributed by atoms with Crippen molar-refractivity contribution in [2.45, 2.75) is 38.8 Å². The summed E-state index contributed by atoms with van der Waals surface area (Å²) in [7, 11) is -2.89. The number of benzene rings is 3. The van der Waals surface area contributed by atoms with Gasteiger partial charge in [-0.25, -0.2) is 4.79 Å². The molecule has 156 valence electrons. The van der Waals surface area contributed by atoms with Gasteiger partial charge < -0.3 is 9.16 Å². The van der Waals surface area contributed by atoms with Crippen molar-refractivity contribution < 1.29 is 14.0 Å². The number of hydrogen-bond donors (Lipinski definition) is 0. The van der Waals surface area contributed by atoms with Crippen LogP contribution in [0.4, 0.5) is 0 Å². The van der Waals surface area contributed by atoms with Gasteiger partial charge in [0.15, 0.2) is 6.10 Å². The first-order chi connectivity index (χ1) is 14.4. The van der Waals surface area contributed by atoms with Crippen LogP contribution in [0.3, 0.4) is 0 Å². The Morgan fingerprint density at radius 2 is 1.23 bits per heavy atom. The van der Waals surface area contributed by atoms with Crippen molar-refractivity contribution in [3.63, 3.8) is 0 Å². The second-order valence-electron chi connectivity index (χ2n) is 8.32. The van der Waals surface area contributed by atoms with Crippen molar-refractivity contribution in [2.75, 3.05) is 6.61 Å². The predicted molar refractivity (Wildman–Crippen MR) is 125 cm³/mol. The average molecular weight is 419 g/mol. The van der Waals surface area contributed by atoms with Gasteiger partial charge in [-0.1, -0.05) is 112 Å². The van der Waals surface area contributed by atoms with E-state index in [2.05, 4.69) is 45.0 Å². The number of carbonyl (C=O) groups is 1. The van der Waals surface area contributed by atoms with Crippen LogP contribution in [0, 0.1) is 0 Å². The maximum absolute atomic E-state index is 13.1. The molecule has 0 aliphatic carbocycles. The first kappa shape index (κ1) is 22.0. The Bertz CT molecular complexity index is 895. The Hall–Kier alpha value is -2.69. The highest BCUT2D eigenvalue weighted by Crippen LogP contribution is 2.40. The van der Waals surface area contributed by atoms with Crippen molar-refractivity contribution in [3.05, 3.63) is 96.6 Å². The van der Waals surface area contributed by atoms with Crippen LogP contribution in [0.2, 0.25) is 5.04 Å². The van der Waals surface area contributed by atoms with E-state index in [0.29, 0.717) is 6.61 Å². The normalized spacial score (nSPS) is 12.9. The third-order valence-corrected chi connectivity index (χ3v) is 10.3. The minimum Gasteiger partial charge on any atom is -0.464 e.